The topological polar surface area (TPSA) is 216 Å². The SMILES string of the molecule is CCO[Si](CCCOC(=O)c1ccc(C)cc1)(OCC)OCC.CCO[Si](CCCOC(=O)c1ccc2ccccc2c1)(OCC)OCC.CCO[Si](COC(=O)c1ccc(C)cc1)(OCC)OCC.CCO[Si](COC(=O)c1ccc2ccccc2c1)(OCC)OCC. The third-order valence-corrected chi connectivity index (χ3v) is 25.1. The zero-order valence-electron chi connectivity index (χ0n) is 58.0. The molecule has 0 amide bonds. The van der Waals surface area contributed by atoms with Crippen LogP contribution in [-0.4, -0.2) is 164 Å². The summed E-state index contributed by atoms with van der Waals surface area (Å²) in [5, 5.41) is 4.20. The Morgan fingerprint density at radius 1 is 0.277 bits per heavy atom. The fourth-order valence-corrected chi connectivity index (χ4v) is 18.8. The summed E-state index contributed by atoms with van der Waals surface area (Å²) in [5.74, 6) is -1.42. The van der Waals surface area contributed by atoms with E-state index in [0.717, 1.165) is 32.7 Å². The molecule has 0 spiro atoms. The number of esters is 4. The molecule has 0 N–H and O–H groups in total. The number of hydrogen-bond acceptors (Lipinski definition) is 20. The number of carbonyl (C=O) groups excluding carboxylic acids is 4. The lowest BCUT2D eigenvalue weighted by Crippen LogP contribution is -2.51. The standard InChI is InChI=1S/C20H28O5Si.C18H24O5Si.C17H28O5Si.C15H24O5Si/c1-4-23-26(24-5-2,25-6-3)15-9-14-22-20(21)19-13-12-17-10-7-8-11-18(17)16-19;1-4-21-24(22-5-2,23-6-3)14-20-18(19)17-12-11-15-9-7-8-10-16(15)13-17;1-5-20-23(21-6-2,22-7-3)14-8-13-19-17(18)16-11-9-15(4)10-12-16;1-5-18-21(19-6-2,20-7-3)12-17-15(16)14-10-8-13(4)9-11-14/h7-8,10-13,16H,4-6,9,14-15H2,1-3H3;7-13H,4-6,14H2,1-3H3;9-12H,5-8,13-14H2,1-4H3;8-11H,5-7,12H2,1-4H3. The highest BCUT2D eigenvalue weighted by Crippen LogP contribution is 2.23. The van der Waals surface area contributed by atoms with Crippen LogP contribution in [0.1, 0.15) is 148 Å². The van der Waals surface area contributed by atoms with Gasteiger partial charge in [-0.3, -0.25) is 0 Å². The van der Waals surface area contributed by atoms with Gasteiger partial charge in [0, 0.05) is 91.4 Å². The molecule has 6 aromatic rings. The van der Waals surface area contributed by atoms with Crippen LogP contribution in [0, 0.1) is 13.8 Å². The van der Waals surface area contributed by atoms with E-state index in [4.69, 9.17) is 72.1 Å². The quantitative estimate of drug-likeness (QED) is 0.0151. The molecular weight excluding hydrogens is 1270 g/mol. The molecule has 520 valence electrons. The summed E-state index contributed by atoms with van der Waals surface area (Å²) in [7, 11) is -11.3. The first-order valence-electron chi connectivity index (χ1n) is 32.9. The second-order valence-electron chi connectivity index (χ2n) is 20.4. The van der Waals surface area contributed by atoms with Crippen molar-refractivity contribution in [2.45, 2.75) is 122 Å². The number of aryl methyl sites for hydroxylation is 2. The number of hydrogen-bond donors (Lipinski definition) is 0. The lowest BCUT2D eigenvalue weighted by molar-refractivity contribution is 0.0247. The second kappa shape index (κ2) is 46.3. The molecule has 6 rings (SSSR count). The highest BCUT2D eigenvalue weighted by atomic mass is 28.4. The molecule has 0 atom stereocenters. The van der Waals surface area contributed by atoms with Gasteiger partial charge in [0.1, 0.15) is 0 Å². The smallest absolute Gasteiger partial charge is 0.462 e. The Hall–Kier alpha value is -5.89. The zero-order chi connectivity index (χ0) is 69.1. The highest BCUT2D eigenvalue weighted by Gasteiger charge is 2.45. The summed E-state index contributed by atoms with van der Waals surface area (Å²) >= 11 is 0. The summed E-state index contributed by atoms with van der Waals surface area (Å²) in [4.78, 5) is 48.7. The van der Waals surface area contributed by atoms with Gasteiger partial charge in [-0.25, -0.2) is 19.2 Å². The third kappa shape index (κ3) is 29.2. The Kier molecular flexibility index (Phi) is 40.6. The van der Waals surface area contributed by atoms with Crippen molar-refractivity contribution in [3.8, 4) is 0 Å². The Balaban J connectivity index is 0.000000328. The van der Waals surface area contributed by atoms with Crippen LogP contribution in [0.25, 0.3) is 21.5 Å². The maximum atomic E-state index is 12.4. The summed E-state index contributed by atoms with van der Waals surface area (Å²) in [5.41, 5.74) is 4.34. The molecule has 20 nitrogen and oxygen atoms in total. The Labute approximate surface area is 562 Å². The van der Waals surface area contributed by atoms with E-state index >= 15 is 0 Å². The van der Waals surface area contributed by atoms with Crippen LogP contribution in [0.3, 0.4) is 0 Å². The van der Waals surface area contributed by atoms with E-state index in [2.05, 4.69) is 0 Å². The molecule has 6 aromatic carbocycles. The first-order chi connectivity index (χ1) is 45.4. The lowest BCUT2D eigenvalue weighted by atomic mass is 10.1. The Morgan fingerprint density at radius 2 is 0.511 bits per heavy atom. The van der Waals surface area contributed by atoms with Gasteiger partial charge in [-0.15, -0.1) is 0 Å². The van der Waals surface area contributed by atoms with Crippen LogP contribution in [-0.2, 0) is 72.1 Å². The van der Waals surface area contributed by atoms with Crippen molar-refractivity contribution in [2.75, 3.05) is 105 Å². The number of benzene rings is 6. The third-order valence-electron chi connectivity index (χ3n) is 13.4. The molecule has 0 saturated carbocycles. The van der Waals surface area contributed by atoms with Crippen LogP contribution >= 0.6 is 0 Å². The van der Waals surface area contributed by atoms with Crippen LogP contribution in [0.5, 0.6) is 0 Å². The van der Waals surface area contributed by atoms with Gasteiger partial charge in [-0.1, -0.05) is 96.1 Å². The molecule has 0 aliphatic heterocycles. The van der Waals surface area contributed by atoms with Gasteiger partial charge in [0.2, 0.25) is 0 Å². The van der Waals surface area contributed by atoms with Crippen molar-refractivity contribution in [3.63, 3.8) is 0 Å². The molecule has 94 heavy (non-hydrogen) atoms. The van der Waals surface area contributed by atoms with Gasteiger partial charge >= 0.3 is 59.1 Å². The van der Waals surface area contributed by atoms with E-state index in [1.807, 2.05) is 194 Å². The summed E-state index contributed by atoms with van der Waals surface area (Å²) < 4.78 is 90.2. The van der Waals surface area contributed by atoms with E-state index < -0.39 is 47.2 Å². The minimum absolute atomic E-state index is 0.00812. The van der Waals surface area contributed by atoms with Crippen LogP contribution in [0.4, 0.5) is 0 Å². The molecule has 24 heteroatoms. The van der Waals surface area contributed by atoms with Crippen LogP contribution in [0.15, 0.2) is 133 Å². The van der Waals surface area contributed by atoms with E-state index in [0.29, 0.717) is 140 Å². The van der Waals surface area contributed by atoms with E-state index in [1.165, 1.54) is 0 Å². The molecule has 0 fully saturated rings. The zero-order valence-corrected chi connectivity index (χ0v) is 62.0. The highest BCUT2D eigenvalue weighted by molar-refractivity contribution is 6.62. The van der Waals surface area contributed by atoms with E-state index in [1.54, 1.807) is 36.4 Å². The Morgan fingerprint density at radius 3 is 0.798 bits per heavy atom. The molecule has 0 heterocycles. The molecule has 0 aliphatic carbocycles. The van der Waals surface area contributed by atoms with Crippen LogP contribution < -0.4 is 0 Å². The minimum atomic E-state index is -2.99. The van der Waals surface area contributed by atoms with Crippen molar-refractivity contribution in [2.24, 2.45) is 0 Å². The average Bonchev–Trinajstić information content (AvgIpc) is 0.952. The van der Waals surface area contributed by atoms with Crippen molar-refractivity contribution < 1.29 is 91.2 Å². The van der Waals surface area contributed by atoms with E-state index in [9.17, 15) is 19.2 Å². The van der Waals surface area contributed by atoms with Gasteiger partial charge in [0.15, 0.2) is 12.5 Å². The summed E-state index contributed by atoms with van der Waals surface area (Å²) in [6.07, 6.45) is 1.33. The largest absolute Gasteiger partial charge is 0.540 e. The number of carbonyl (C=O) groups is 4. The second-order valence-corrected chi connectivity index (χ2v) is 30.9. The number of rotatable bonds is 40. The first kappa shape index (κ1) is 82.3. The van der Waals surface area contributed by atoms with Crippen molar-refractivity contribution in [1.29, 1.82) is 0 Å². The molecule has 0 saturated heterocycles. The monoisotopic (exact) mass is 1380 g/mol. The maximum absolute atomic E-state index is 12.4. The van der Waals surface area contributed by atoms with Gasteiger partial charge in [0.05, 0.1) is 35.5 Å². The predicted octanol–water partition coefficient (Wildman–Crippen LogP) is 14.3. The fraction of sp³-hybridized carbons (Fsp3) is 0.486. The average molecular weight is 1380 g/mol. The van der Waals surface area contributed by atoms with Gasteiger partial charge < -0.3 is 72.1 Å². The lowest BCUT2D eigenvalue weighted by Gasteiger charge is -2.28. The van der Waals surface area contributed by atoms with E-state index in [-0.39, 0.29) is 24.4 Å². The molecule has 0 unspecified atom stereocenters. The van der Waals surface area contributed by atoms with Crippen molar-refractivity contribution >= 4 is 80.6 Å². The fourth-order valence-electron chi connectivity index (χ4n) is 9.38. The van der Waals surface area contributed by atoms with Crippen LogP contribution in [0.2, 0.25) is 12.1 Å². The maximum Gasteiger partial charge on any atom is 0.540 e. The normalized spacial score (nSPS) is 11.6. The summed E-state index contributed by atoms with van der Waals surface area (Å²) in [6, 6.07) is 42.7. The first-order valence-corrected chi connectivity index (χ1v) is 40.6. The molecule has 0 bridgehead atoms. The predicted molar refractivity (Wildman–Crippen MR) is 373 cm³/mol. The van der Waals surface area contributed by atoms with Gasteiger partial charge in [-0.05, 0) is 180 Å². The molecule has 0 aliphatic rings. The van der Waals surface area contributed by atoms with Crippen molar-refractivity contribution in [3.05, 3.63) is 167 Å². The molecule has 0 aromatic heterocycles. The minimum Gasteiger partial charge on any atom is -0.462 e. The van der Waals surface area contributed by atoms with Gasteiger partial charge in [0.25, 0.3) is 0 Å². The number of fused-ring (bicyclic) bond motifs is 2. The summed E-state index contributed by atoms with van der Waals surface area (Å²) in [6.45, 7) is 33.3. The Bertz CT molecular complexity index is 3010. The molecular formula is C70H104O20Si4. The number of ether oxygens (including phenoxy) is 4. The molecule has 0 radical (unpaired) electrons. The van der Waals surface area contributed by atoms with Gasteiger partial charge in [-0.2, -0.15) is 0 Å². The van der Waals surface area contributed by atoms with Crippen molar-refractivity contribution in [1.82, 2.24) is 0 Å².